The molecule has 5 heterocycles. The van der Waals surface area contributed by atoms with Crippen LogP contribution in [0.2, 0.25) is 0 Å². The zero-order chi connectivity index (χ0) is 39.9. The molecule has 294 valence electrons. The van der Waals surface area contributed by atoms with E-state index in [0.29, 0.717) is 35.5 Å². The largest absolute Gasteiger partial charge is 0.493 e. The lowest BCUT2D eigenvalue weighted by Gasteiger charge is -2.30. The van der Waals surface area contributed by atoms with Gasteiger partial charge in [-0.15, -0.1) is 0 Å². The lowest BCUT2D eigenvalue weighted by Crippen LogP contribution is -2.24. The first-order valence-corrected chi connectivity index (χ1v) is 19.5. The van der Waals surface area contributed by atoms with Gasteiger partial charge >= 0.3 is 5.97 Å². The summed E-state index contributed by atoms with van der Waals surface area (Å²) in [5.74, 6) is 1.08. The zero-order valence-corrected chi connectivity index (χ0v) is 33.6. The number of hydrogen-bond acceptors (Lipinski definition) is 11. The fraction of sp³-hybridized carbons (Fsp3) is 0.476. The Labute approximate surface area is 326 Å². The van der Waals surface area contributed by atoms with Crippen molar-refractivity contribution in [3.05, 3.63) is 69.7 Å². The van der Waals surface area contributed by atoms with Crippen LogP contribution in [0.25, 0.3) is 45.9 Å². The first kappa shape index (κ1) is 38.6. The molecule has 2 aliphatic carbocycles. The maximum absolute atomic E-state index is 10.8. The molecule has 0 unspecified atom stereocenters. The molecule has 0 atom stereocenters. The van der Waals surface area contributed by atoms with E-state index < -0.39 is 5.97 Å². The maximum Gasteiger partial charge on any atom is 0.303 e. The van der Waals surface area contributed by atoms with Crippen LogP contribution >= 0.6 is 0 Å². The van der Waals surface area contributed by atoms with Crippen LogP contribution in [0.15, 0.2) is 39.4 Å². The predicted molar refractivity (Wildman–Crippen MR) is 210 cm³/mol. The molecule has 5 aromatic heterocycles. The quantitative estimate of drug-likeness (QED) is 0.145. The second-order valence-corrected chi connectivity index (χ2v) is 16.6. The van der Waals surface area contributed by atoms with E-state index in [9.17, 15) is 9.90 Å². The van der Waals surface area contributed by atoms with Gasteiger partial charge in [0, 0.05) is 59.2 Å². The molecule has 0 amide bonds. The molecule has 0 bridgehead atoms. The van der Waals surface area contributed by atoms with Gasteiger partial charge in [-0.2, -0.15) is 20.2 Å². The number of nitrogens with zero attached hydrogens (tertiary/aromatic N) is 9. The van der Waals surface area contributed by atoms with E-state index in [1.54, 1.807) is 13.0 Å². The van der Waals surface area contributed by atoms with Crippen molar-refractivity contribution in [2.45, 2.75) is 120 Å². The van der Waals surface area contributed by atoms with Crippen molar-refractivity contribution in [2.24, 2.45) is 10.8 Å². The van der Waals surface area contributed by atoms with Crippen molar-refractivity contribution in [3.63, 3.8) is 0 Å². The number of fused-ring (bicyclic) bond motifs is 2. The number of carbonyl (C=O) groups is 1. The molecule has 1 aromatic carbocycles. The molecule has 0 radical (unpaired) electrons. The van der Waals surface area contributed by atoms with Crippen molar-refractivity contribution in [1.29, 1.82) is 0 Å². The van der Waals surface area contributed by atoms with Gasteiger partial charge in [-0.05, 0) is 101 Å². The van der Waals surface area contributed by atoms with E-state index in [2.05, 4.69) is 76.2 Å². The molecular weight excluding hydrogens is 711 g/mol. The highest BCUT2D eigenvalue weighted by Crippen LogP contribution is 2.40. The summed E-state index contributed by atoms with van der Waals surface area (Å²) in [5.41, 5.74) is 11.4. The molecule has 2 N–H and O–H groups in total. The van der Waals surface area contributed by atoms with Crippen molar-refractivity contribution in [2.75, 3.05) is 0 Å². The molecular formula is C42H51N9O5. The molecule has 6 aromatic rings. The third-order valence-electron chi connectivity index (χ3n) is 11.1. The standard InChI is InChI=1S/C23H28N4O3.C19H23N5O2/c1-5-27-18-13-23(3,4)11-10-17(18)20(25-27)22-24-21(26-30-22)16-8-6-15(12-14(16)2)7-9-19(28)29;1-5-24-14-10-19(3,4)9-8-13(14)16(22-24)18-21-17(23-26-18)12-6-7-15(25)20-11(12)2/h6,8,12H,5,7,9-11,13H2,1-4H3,(H,28,29);6-7H,5,8-10H2,1-4H3,(H,20,25). The third-order valence-corrected chi connectivity index (χ3v) is 11.1. The Kier molecular flexibility index (Phi) is 10.4. The topological polar surface area (TPSA) is 184 Å². The maximum atomic E-state index is 10.8. The molecule has 56 heavy (non-hydrogen) atoms. The molecule has 0 aliphatic heterocycles. The van der Waals surface area contributed by atoms with Crippen molar-refractivity contribution >= 4 is 5.97 Å². The van der Waals surface area contributed by atoms with E-state index in [4.69, 9.17) is 24.4 Å². The average Bonchev–Trinajstić information content (AvgIpc) is 3.95. The summed E-state index contributed by atoms with van der Waals surface area (Å²) in [6.45, 7) is 18.8. The van der Waals surface area contributed by atoms with Gasteiger partial charge in [-0.25, -0.2) is 4.98 Å². The number of aromatic nitrogens is 9. The summed E-state index contributed by atoms with van der Waals surface area (Å²) in [7, 11) is 0. The number of aryl methyl sites for hydroxylation is 5. The summed E-state index contributed by atoms with van der Waals surface area (Å²) < 4.78 is 15.3. The number of aromatic hydroxyl groups is 1. The van der Waals surface area contributed by atoms with E-state index >= 15 is 0 Å². The van der Waals surface area contributed by atoms with E-state index in [1.807, 2.05) is 25.1 Å². The fourth-order valence-corrected chi connectivity index (χ4v) is 7.89. The van der Waals surface area contributed by atoms with Crippen LogP contribution in [0.1, 0.15) is 100 Å². The third kappa shape index (κ3) is 7.87. The molecule has 8 rings (SSSR count). The van der Waals surface area contributed by atoms with Gasteiger partial charge in [-0.1, -0.05) is 56.2 Å². The summed E-state index contributed by atoms with van der Waals surface area (Å²) in [5, 5.41) is 36.2. The summed E-state index contributed by atoms with van der Waals surface area (Å²) in [4.78, 5) is 24.1. The van der Waals surface area contributed by atoms with Crippen LogP contribution < -0.4 is 0 Å². The number of carboxylic acids is 1. The SMILES string of the molecule is CCn1nc(-c2nc(-c3ccc(CCC(=O)O)cc3C)no2)c2c1CC(C)(C)CC2.CCn1nc(-c2nc(-c3ccc(O)nc3C)no2)c2c1CC(C)(C)CC2. The van der Waals surface area contributed by atoms with Gasteiger partial charge in [0.25, 0.3) is 11.8 Å². The van der Waals surface area contributed by atoms with Gasteiger partial charge in [0.15, 0.2) is 11.4 Å². The molecule has 0 saturated heterocycles. The van der Waals surface area contributed by atoms with E-state index in [0.717, 1.165) is 85.3 Å². The second-order valence-electron chi connectivity index (χ2n) is 16.6. The van der Waals surface area contributed by atoms with Crippen LogP contribution in [-0.2, 0) is 50.0 Å². The fourth-order valence-electron chi connectivity index (χ4n) is 7.89. The first-order valence-electron chi connectivity index (χ1n) is 19.5. The van der Waals surface area contributed by atoms with Gasteiger partial charge in [0.1, 0.15) is 0 Å². The van der Waals surface area contributed by atoms with Crippen LogP contribution in [0, 0.1) is 24.7 Å². The van der Waals surface area contributed by atoms with Crippen LogP contribution in [0.3, 0.4) is 0 Å². The summed E-state index contributed by atoms with van der Waals surface area (Å²) >= 11 is 0. The highest BCUT2D eigenvalue weighted by molar-refractivity contribution is 5.68. The average molecular weight is 762 g/mol. The highest BCUT2D eigenvalue weighted by Gasteiger charge is 2.34. The van der Waals surface area contributed by atoms with Gasteiger partial charge in [-0.3, -0.25) is 14.2 Å². The van der Waals surface area contributed by atoms with Crippen molar-refractivity contribution in [1.82, 2.24) is 44.8 Å². The molecule has 2 aliphatic rings. The molecule has 0 fully saturated rings. The molecule has 14 nitrogen and oxygen atoms in total. The summed E-state index contributed by atoms with van der Waals surface area (Å²) in [6, 6.07) is 9.12. The Balaban J connectivity index is 0.000000173. The van der Waals surface area contributed by atoms with Crippen LogP contribution in [-0.4, -0.2) is 61.0 Å². The first-order chi connectivity index (χ1) is 26.6. The number of rotatable bonds is 9. The zero-order valence-electron chi connectivity index (χ0n) is 33.6. The van der Waals surface area contributed by atoms with E-state index in [-0.39, 0.29) is 23.1 Å². The Morgan fingerprint density at radius 2 is 1.29 bits per heavy atom. The monoisotopic (exact) mass is 761 g/mol. The lowest BCUT2D eigenvalue weighted by molar-refractivity contribution is -0.136. The van der Waals surface area contributed by atoms with Crippen molar-refractivity contribution < 1.29 is 24.1 Å². The highest BCUT2D eigenvalue weighted by atomic mass is 16.5. The number of carboxylic acid groups (broad SMARTS) is 1. The normalized spacial score (nSPS) is 15.5. The smallest absolute Gasteiger partial charge is 0.303 e. The van der Waals surface area contributed by atoms with Gasteiger partial charge in [0.2, 0.25) is 17.5 Å². The number of pyridine rings is 1. The van der Waals surface area contributed by atoms with Crippen LogP contribution in [0.4, 0.5) is 0 Å². The predicted octanol–water partition coefficient (Wildman–Crippen LogP) is 8.00. The molecule has 14 heteroatoms. The minimum Gasteiger partial charge on any atom is -0.493 e. The Morgan fingerprint density at radius 3 is 1.77 bits per heavy atom. The van der Waals surface area contributed by atoms with Gasteiger partial charge in [0.05, 0.1) is 5.69 Å². The second kappa shape index (κ2) is 15.1. The number of benzene rings is 1. The number of hydrogen-bond donors (Lipinski definition) is 2. The van der Waals surface area contributed by atoms with E-state index in [1.165, 1.54) is 28.6 Å². The lowest BCUT2D eigenvalue weighted by atomic mass is 9.76. The van der Waals surface area contributed by atoms with Crippen molar-refractivity contribution in [3.8, 4) is 51.8 Å². The van der Waals surface area contributed by atoms with Crippen LogP contribution in [0.5, 0.6) is 5.88 Å². The number of aliphatic carboxylic acids is 1. The minimum atomic E-state index is -0.794. The Bertz CT molecular complexity index is 2400. The molecule has 0 saturated carbocycles. The minimum absolute atomic E-state index is 0.0201. The molecule has 0 spiro atoms. The Morgan fingerprint density at radius 1 is 0.768 bits per heavy atom. The Hall–Kier alpha value is -5.66. The van der Waals surface area contributed by atoms with Gasteiger partial charge < -0.3 is 19.3 Å². The summed E-state index contributed by atoms with van der Waals surface area (Å²) in [6.07, 6.45) is 6.79.